The van der Waals surface area contributed by atoms with Crippen molar-refractivity contribution in [2.24, 2.45) is 0 Å². The molecule has 0 bridgehead atoms. The van der Waals surface area contributed by atoms with Gasteiger partial charge in [-0.3, -0.25) is 0 Å². The molecule has 0 spiro atoms. The minimum absolute atomic E-state index is 0.215. The molecule has 0 aliphatic carbocycles. The molecule has 1 nitrogen and oxygen atoms in total. The van der Waals surface area contributed by atoms with Gasteiger partial charge in [-0.15, -0.1) is 0 Å². The van der Waals surface area contributed by atoms with Crippen LogP contribution in [0.2, 0.25) is 18.1 Å². The van der Waals surface area contributed by atoms with Crippen LogP contribution in [0.4, 0.5) is 0 Å². The first-order valence-corrected chi connectivity index (χ1v) is 16.4. The van der Waals surface area contributed by atoms with Crippen LogP contribution in [0.3, 0.4) is 0 Å². The molecule has 4 rings (SSSR count). The summed E-state index contributed by atoms with van der Waals surface area (Å²) in [6.45, 7) is 12.0. The lowest BCUT2D eigenvalue weighted by molar-refractivity contribution is 0.586. The summed E-state index contributed by atoms with van der Waals surface area (Å²) in [7, 11) is -3.75. The van der Waals surface area contributed by atoms with Gasteiger partial charge in [-0.1, -0.05) is 88.5 Å². The molecular formula is C29H34OPSi+. The lowest BCUT2D eigenvalue weighted by Gasteiger charge is -2.36. The predicted octanol–water partition coefficient (Wildman–Crippen LogP) is 6.49. The van der Waals surface area contributed by atoms with Crippen LogP contribution in [-0.2, 0) is 6.16 Å². The van der Waals surface area contributed by atoms with Crippen LogP contribution in [0.15, 0.2) is 108 Å². The highest BCUT2D eigenvalue weighted by Gasteiger charge is 2.48. The molecule has 1 heterocycles. The number of rotatable bonds is 6. The van der Waals surface area contributed by atoms with Gasteiger partial charge in [0, 0.05) is 5.56 Å². The summed E-state index contributed by atoms with van der Waals surface area (Å²) < 4.78 is 6.29. The van der Waals surface area contributed by atoms with Crippen molar-refractivity contribution >= 4 is 36.6 Å². The van der Waals surface area contributed by atoms with Crippen molar-refractivity contribution in [1.82, 2.24) is 0 Å². The molecule has 0 saturated heterocycles. The van der Waals surface area contributed by atoms with Crippen molar-refractivity contribution < 1.29 is 4.42 Å². The molecule has 3 aromatic carbocycles. The quantitative estimate of drug-likeness (QED) is 0.238. The van der Waals surface area contributed by atoms with E-state index in [4.69, 9.17) is 4.42 Å². The molecule has 0 aliphatic rings. The summed E-state index contributed by atoms with van der Waals surface area (Å²) in [6.07, 6.45) is 2.89. The van der Waals surface area contributed by atoms with E-state index in [0.29, 0.717) is 0 Å². The van der Waals surface area contributed by atoms with Gasteiger partial charge in [0.2, 0.25) is 0 Å². The van der Waals surface area contributed by atoms with Crippen LogP contribution in [0, 0.1) is 0 Å². The van der Waals surface area contributed by atoms with Crippen molar-refractivity contribution in [2.45, 2.75) is 45.1 Å². The van der Waals surface area contributed by atoms with E-state index in [0.717, 1.165) is 6.16 Å². The first-order valence-electron chi connectivity index (χ1n) is 11.4. The molecule has 164 valence electrons. The number of hydrogen-bond acceptors (Lipinski definition) is 1. The molecule has 0 amide bonds. The Morgan fingerprint density at radius 2 is 1.06 bits per heavy atom. The highest BCUT2D eigenvalue weighted by atomic mass is 31.2. The third-order valence-electron chi connectivity index (χ3n) is 7.19. The summed E-state index contributed by atoms with van der Waals surface area (Å²) >= 11 is 0. The molecule has 0 unspecified atom stereocenters. The number of benzene rings is 3. The van der Waals surface area contributed by atoms with Gasteiger partial charge in [0.25, 0.3) is 0 Å². The van der Waals surface area contributed by atoms with Crippen molar-refractivity contribution in [3.63, 3.8) is 0 Å². The fourth-order valence-electron chi connectivity index (χ4n) is 4.37. The fraction of sp³-hybridized carbons (Fsp3) is 0.241. The van der Waals surface area contributed by atoms with Crippen molar-refractivity contribution in [3.8, 4) is 0 Å². The minimum Gasteiger partial charge on any atom is -0.474 e. The van der Waals surface area contributed by atoms with E-state index in [-0.39, 0.29) is 5.04 Å². The second-order valence-corrected chi connectivity index (χ2v) is 18.8. The Hall–Kier alpha value is -2.41. The highest BCUT2D eigenvalue weighted by Crippen LogP contribution is 2.58. The SMILES string of the molecule is CC(C)(C)[Si](C)(C)c1occc1C[P+](c1ccccc1)(c1ccccc1)c1ccccc1. The Labute approximate surface area is 194 Å². The monoisotopic (exact) mass is 457 g/mol. The second-order valence-electron chi connectivity index (χ2n) is 10.1. The third-order valence-corrected chi connectivity index (χ3v) is 16.9. The maximum atomic E-state index is 6.29. The van der Waals surface area contributed by atoms with Crippen LogP contribution in [-0.4, -0.2) is 8.07 Å². The van der Waals surface area contributed by atoms with E-state index in [1.807, 2.05) is 6.26 Å². The summed E-state index contributed by atoms with van der Waals surface area (Å²) in [6, 6.07) is 35.6. The predicted molar refractivity (Wildman–Crippen MR) is 144 cm³/mol. The Bertz CT molecular complexity index is 1050. The topological polar surface area (TPSA) is 13.1 Å². The van der Waals surface area contributed by atoms with E-state index in [1.54, 1.807) is 0 Å². The molecule has 32 heavy (non-hydrogen) atoms. The van der Waals surface area contributed by atoms with E-state index < -0.39 is 15.3 Å². The average Bonchev–Trinajstić information content (AvgIpc) is 3.27. The Morgan fingerprint density at radius 3 is 1.44 bits per heavy atom. The summed E-state index contributed by atoms with van der Waals surface area (Å²) in [4.78, 5) is 0. The first kappa shape index (κ1) is 22.8. The minimum atomic E-state index is -1.93. The van der Waals surface area contributed by atoms with Crippen LogP contribution in [0.5, 0.6) is 0 Å². The van der Waals surface area contributed by atoms with E-state index in [1.165, 1.54) is 26.9 Å². The zero-order valence-electron chi connectivity index (χ0n) is 19.9. The first-order chi connectivity index (χ1) is 15.3. The van der Waals surface area contributed by atoms with Crippen LogP contribution >= 0.6 is 7.26 Å². The average molecular weight is 458 g/mol. The maximum absolute atomic E-state index is 6.29. The molecule has 4 aromatic rings. The molecular weight excluding hydrogens is 423 g/mol. The van der Waals surface area contributed by atoms with Gasteiger partial charge in [-0.2, -0.15) is 0 Å². The Kier molecular flexibility index (Phi) is 6.30. The van der Waals surface area contributed by atoms with Gasteiger partial charge in [0.1, 0.15) is 37.4 Å². The molecule has 0 aliphatic heterocycles. The number of hydrogen-bond donors (Lipinski definition) is 0. The maximum Gasteiger partial charge on any atom is 0.132 e. The molecule has 3 heteroatoms. The highest BCUT2D eigenvalue weighted by molar-refractivity contribution is 7.95. The van der Waals surface area contributed by atoms with Gasteiger partial charge in [-0.25, -0.2) is 0 Å². The van der Waals surface area contributed by atoms with E-state index in [9.17, 15) is 0 Å². The summed E-state index contributed by atoms with van der Waals surface area (Å²) in [5.41, 5.74) is 1.38. The van der Waals surface area contributed by atoms with Gasteiger partial charge in [-0.05, 0) is 47.5 Å². The standard InChI is InChI=1S/C29H34OPSi/c1-29(2,3)32(4,5)28-24(21-22-30-28)23-31(25-15-9-6-10-16-25,26-17-11-7-12-18-26)27-19-13-8-14-20-27/h6-22H,23H2,1-5H3/q+1. The normalized spacial score (nSPS) is 12.7. The van der Waals surface area contributed by atoms with Gasteiger partial charge in [0.15, 0.2) is 0 Å². The van der Waals surface area contributed by atoms with Gasteiger partial charge < -0.3 is 4.42 Å². The second kappa shape index (κ2) is 8.85. The molecule has 0 fully saturated rings. The van der Waals surface area contributed by atoms with E-state index >= 15 is 0 Å². The lowest BCUT2D eigenvalue weighted by atomic mass is 10.2. The fourth-order valence-corrected chi connectivity index (χ4v) is 10.8. The van der Waals surface area contributed by atoms with Gasteiger partial charge >= 0.3 is 0 Å². The molecule has 1 aromatic heterocycles. The zero-order chi connectivity index (χ0) is 22.8. The van der Waals surface area contributed by atoms with Crippen molar-refractivity contribution in [2.75, 3.05) is 0 Å². The van der Waals surface area contributed by atoms with Gasteiger partial charge in [0.05, 0.1) is 11.6 Å². The molecule has 0 saturated carbocycles. The summed E-state index contributed by atoms with van der Waals surface area (Å²) in [5.74, 6) is 0. The van der Waals surface area contributed by atoms with Crippen molar-refractivity contribution in [1.29, 1.82) is 0 Å². The van der Waals surface area contributed by atoms with Crippen molar-refractivity contribution in [3.05, 3.63) is 109 Å². The molecule has 0 atom stereocenters. The molecule has 0 radical (unpaired) electrons. The molecule has 0 N–H and O–H groups in total. The lowest BCUT2D eigenvalue weighted by Crippen LogP contribution is -2.50. The van der Waals surface area contributed by atoms with Crippen LogP contribution in [0.25, 0.3) is 0 Å². The largest absolute Gasteiger partial charge is 0.474 e. The summed E-state index contributed by atoms with van der Waals surface area (Å²) in [5, 5.41) is 5.71. The smallest absolute Gasteiger partial charge is 0.132 e. The third kappa shape index (κ3) is 4.03. The Balaban J connectivity index is 1.98. The van der Waals surface area contributed by atoms with E-state index in [2.05, 4.69) is 131 Å². The zero-order valence-corrected chi connectivity index (χ0v) is 21.8. The van der Waals surface area contributed by atoms with Crippen LogP contribution in [0.1, 0.15) is 26.3 Å². The Morgan fingerprint density at radius 1 is 0.656 bits per heavy atom. The number of furan rings is 1. The van der Waals surface area contributed by atoms with Crippen LogP contribution < -0.4 is 21.3 Å².